The molecule has 1 saturated carbocycles. The molecular weight excluding hydrogens is 333 g/mol. The molecular formula is C20H28FN3O2. The Bertz CT molecular complexity index is 658. The second-order valence-electron chi connectivity index (χ2n) is 7.56. The SMILES string of the molecule is CN(C)C(C(=O)N1CCN(C2CCCCC2)C(=O)C1)c1cccc(F)c1. The van der Waals surface area contributed by atoms with Gasteiger partial charge in [0, 0.05) is 19.1 Å². The highest BCUT2D eigenvalue weighted by molar-refractivity contribution is 5.89. The van der Waals surface area contributed by atoms with Crippen LogP contribution in [0.1, 0.15) is 43.7 Å². The number of nitrogens with zero attached hydrogens (tertiary/aromatic N) is 3. The molecule has 0 aromatic heterocycles. The van der Waals surface area contributed by atoms with Crippen LogP contribution in [0.5, 0.6) is 0 Å². The molecule has 26 heavy (non-hydrogen) atoms. The lowest BCUT2D eigenvalue weighted by Gasteiger charge is -2.41. The maximum Gasteiger partial charge on any atom is 0.245 e. The Hall–Kier alpha value is -1.95. The van der Waals surface area contributed by atoms with Gasteiger partial charge in [-0.1, -0.05) is 31.4 Å². The number of rotatable bonds is 4. The van der Waals surface area contributed by atoms with E-state index in [0.717, 1.165) is 12.8 Å². The van der Waals surface area contributed by atoms with Gasteiger partial charge >= 0.3 is 0 Å². The zero-order valence-corrected chi connectivity index (χ0v) is 15.7. The summed E-state index contributed by atoms with van der Waals surface area (Å²) in [5.74, 6) is -0.467. The van der Waals surface area contributed by atoms with Crippen molar-refractivity contribution in [2.24, 2.45) is 0 Å². The Labute approximate surface area is 154 Å². The fourth-order valence-corrected chi connectivity index (χ4v) is 4.16. The third-order valence-electron chi connectivity index (χ3n) is 5.50. The van der Waals surface area contributed by atoms with Gasteiger partial charge in [0.1, 0.15) is 11.9 Å². The first kappa shape index (κ1) is 18.8. The van der Waals surface area contributed by atoms with E-state index in [2.05, 4.69) is 0 Å². The van der Waals surface area contributed by atoms with E-state index in [1.807, 2.05) is 4.90 Å². The second kappa shape index (κ2) is 8.16. The fourth-order valence-electron chi connectivity index (χ4n) is 4.16. The Morgan fingerprint density at radius 3 is 2.54 bits per heavy atom. The zero-order chi connectivity index (χ0) is 18.7. The molecule has 0 N–H and O–H groups in total. The second-order valence-corrected chi connectivity index (χ2v) is 7.56. The van der Waals surface area contributed by atoms with Crippen molar-refractivity contribution >= 4 is 11.8 Å². The summed E-state index contributed by atoms with van der Waals surface area (Å²) in [6.45, 7) is 1.26. The van der Waals surface area contributed by atoms with Gasteiger partial charge in [-0.05, 0) is 44.6 Å². The number of likely N-dealkylation sites (N-methyl/N-ethyl adjacent to an activating group) is 1. The quantitative estimate of drug-likeness (QED) is 0.827. The lowest BCUT2D eigenvalue weighted by Crippen LogP contribution is -2.57. The largest absolute Gasteiger partial charge is 0.336 e. The van der Waals surface area contributed by atoms with Crippen molar-refractivity contribution in [1.29, 1.82) is 0 Å². The summed E-state index contributed by atoms with van der Waals surface area (Å²) in [6.07, 6.45) is 5.76. The molecule has 1 heterocycles. The predicted molar refractivity (Wildman–Crippen MR) is 98.0 cm³/mol. The van der Waals surface area contributed by atoms with Crippen LogP contribution in [0.2, 0.25) is 0 Å². The molecule has 1 aromatic rings. The van der Waals surface area contributed by atoms with Crippen LogP contribution in [0.4, 0.5) is 4.39 Å². The van der Waals surface area contributed by atoms with Crippen LogP contribution in [-0.4, -0.2) is 66.3 Å². The minimum Gasteiger partial charge on any atom is -0.336 e. The van der Waals surface area contributed by atoms with Crippen LogP contribution in [0.15, 0.2) is 24.3 Å². The molecule has 1 unspecified atom stereocenters. The van der Waals surface area contributed by atoms with Crippen molar-refractivity contribution in [2.75, 3.05) is 33.7 Å². The summed E-state index contributed by atoms with van der Waals surface area (Å²) in [5.41, 5.74) is 0.613. The number of hydrogen-bond acceptors (Lipinski definition) is 3. The highest BCUT2D eigenvalue weighted by Crippen LogP contribution is 2.26. The number of piperazine rings is 1. The molecule has 1 atom stereocenters. The number of carbonyl (C=O) groups is 2. The molecule has 0 bridgehead atoms. The third-order valence-corrected chi connectivity index (χ3v) is 5.50. The van der Waals surface area contributed by atoms with Crippen molar-refractivity contribution in [2.45, 2.75) is 44.2 Å². The van der Waals surface area contributed by atoms with E-state index in [4.69, 9.17) is 0 Å². The molecule has 2 amide bonds. The standard InChI is InChI=1S/C20H28FN3O2/c1-22(2)19(15-7-6-8-16(21)13-15)20(26)23-11-12-24(18(25)14-23)17-9-4-3-5-10-17/h6-8,13,17,19H,3-5,9-12,14H2,1-2H3. The first-order chi connectivity index (χ1) is 12.5. The number of carbonyl (C=O) groups excluding carboxylic acids is 2. The molecule has 142 valence electrons. The monoisotopic (exact) mass is 361 g/mol. The average Bonchev–Trinajstić information content (AvgIpc) is 2.62. The molecule has 2 aliphatic rings. The van der Waals surface area contributed by atoms with Gasteiger partial charge in [0.2, 0.25) is 11.8 Å². The predicted octanol–water partition coefficient (Wildman–Crippen LogP) is 2.43. The summed E-state index contributed by atoms with van der Waals surface area (Å²) < 4.78 is 13.6. The van der Waals surface area contributed by atoms with E-state index in [9.17, 15) is 14.0 Å². The van der Waals surface area contributed by atoms with Crippen molar-refractivity contribution < 1.29 is 14.0 Å². The Morgan fingerprint density at radius 1 is 1.19 bits per heavy atom. The van der Waals surface area contributed by atoms with Gasteiger partial charge in [-0.3, -0.25) is 14.5 Å². The van der Waals surface area contributed by atoms with E-state index >= 15 is 0 Å². The maximum absolute atomic E-state index is 13.6. The molecule has 0 spiro atoms. The minimum absolute atomic E-state index is 0.0354. The van der Waals surface area contributed by atoms with Gasteiger partial charge in [0.05, 0.1) is 6.54 Å². The van der Waals surface area contributed by atoms with E-state index < -0.39 is 6.04 Å². The highest BCUT2D eigenvalue weighted by atomic mass is 19.1. The van der Waals surface area contributed by atoms with E-state index in [1.165, 1.54) is 31.4 Å². The number of halogens is 1. The van der Waals surface area contributed by atoms with Crippen LogP contribution in [0, 0.1) is 5.82 Å². The molecule has 0 radical (unpaired) electrons. The topological polar surface area (TPSA) is 43.9 Å². The van der Waals surface area contributed by atoms with Gasteiger partial charge in [0.25, 0.3) is 0 Å². The van der Waals surface area contributed by atoms with Gasteiger partial charge in [-0.15, -0.1) is 0 Å². The average molecular weight is 361 g/mol. The molecule has 3 rings (SSSR count). The van der Waals surface area contributed by atoms with Gasteiger partial charge in [0.15, 0.2) is 0 Å². The molecule has 1 aliphatic heterocycles. The van der Waals surface area contributed by atoms with Gasteiger partial charge in [-0.2, -0.15) is 0 Å². The molecule has 1 aliphatic carbocycles. The lowest BCUT2D eigenvalue weighted by atomic mass is 9.93. The maximum atomic E-state index is 13.6. The van der Waals surface area contributed by atoms with Gasteiger partial charge < -0.3 is 9.80 Å². The number of amides is 2. The Kier molecular flexibility index (Phi) is 5.91. The van der Waals surface area contributed by atoms with E-state index in [0.29, 0.717) is 24.7 Å². The summed E-state index contributed by atoms with van der Waals surface area (Å²) >= 11 is 0. The Balaban J connectivity index is 1.70. The van der Waals surface area contributed by atoms with Crippen molar-refractivity contribution in [1.82, 2.24) is 14.7 Å². The van der Waals surface area contributed by atoms with Crippen LogP contribution >= 0.6 is 0 Å². The summed E-state index contributed by atoms with van der Waals surface area (Å²) in [7, 11) is 3.60. The highest BCUT2D eigenvalue weighted by Gasteiger charge is 2.35. The number of hydrogen-bond donors (Lipinski definition) is 0. The minimum atomic E-state index is -0.584. The molecule has 6 heteroatoms. The van der Waals surface area contributed by atoms with Crippen molar-refractivity contribution in [3.8, 4) is 0 Å². The molecule has 1 aromatic carbocycles. The van der Waals surface area contributed by atoms with E-state index in [-0.39, 0.29) is 24.2 Å². The van der Waals surface area contributed by atoms with Crippen molar-refractivity contribution in [3.63, 3.8) is 0 Å². The smallest absolute Gasteiger partial charge is 0.245 e. The lowest BCUT2D eigenvalue weighted by molar-refractivity contribution is -0.150. The molecule has 2 fully saturated rings. The summed E-state index contributed by atoms with van der Waals surface area (Å²) in [6, 6.07) is 5.88. The fraction of sp³-hybridized carbons (Fsp3) is 0.600. The van der Waals surface area contributed by atoms with Crippen LogP contribution < -0.4 is 0 Å². The van der Waals surface area contributed by atoms with Crippen LogP contribution in [-0.2, 0) is 9.59 Å². The first-order valence-corrected chi connectivity index (χ1v) is 9.47. The summed E-state index contributed by atoms with van der Waals surface area (Å²) in [4.78, 5) is 31.1. The summed E-state index contributed by atoms with van der Waals surface area (Å²) in [5, 5.41) is 0. The van der Waals surface area contributed by atoms with Crippen LogP contribution in [0.25, 0.3) is 0 Å². The molecule has 5 nitrogen and oxygen atoms in total. The van der Waals surface area contributed by atoms with Crippen molar-refractivity contribution in [3.05, 3.63) is 35.6 Å². The zero-order valence-electron chi connectivity index (χ0n) is 15.7. The molecule has 1 saturated heterocycles. The Morgan fingerprint density at radius 2 is 1.92 bits per heavy atom. The number of benzene rings is 1. The van der Waals surface area contributed by atoms with Crippen LogP contribution in [0.3, 0.4) is 0 Å². The third kappa shape index (κ3) is 4.06. The first-order valence-electron chi connectivity index (χ1n) is 9.47. The van der Waals surface area contributed by atoms with Gasteiger partial charge in [-0.25, -0.2) is 4.39 Å². The van der Waals surface area contributed by atoms with E-state index in [1.54, 1.807) is 36.0 Å². The normalized spacial score (nSPS) is 20.5.